The fraction of sp³-hybridized carbons (Fsp3) is 0.125. The molecule has 0 amide bonds. The van der Waals surface area contributed by atoms with E-state index in [1.54, 1.807) is 0 Å². The van der Waals surface area contributed by atoms with Crippen molar-refractivity contribution in [2.75, 3.05) is 12.4 Å². The number of hydrogen-bond donors (Lipinski definition) is 3. The summed E-state index contributed by atoms with van der Waals surface area (Å²) in [5.41, 5.74) is 12.6. The van der Waals surface area contributed by atoms with E-state index in [1.165, 1.54) is 5.56 Å². The number of rotatable bonds is 1. The smallest absolute Gasteiger partial charge is 0.0655 e. The van der Waals surface area contributed by atoms with E-state index in [0.717, 1.165) is 34.8 Å². The molecule has 19 heavy (non-hydrogen) atoms. The van der Waals surface area contributed by atoms with Crippen LogP contribution in [0.1, 0.15) is 16.7 Å². The largest absolute Gasteiger partial charge is 0.396 e. The predicted octanol–water partition coefficient (Wildman–Crippen LogP) is 2.62. The molecular weight excluding hydrogens is 234 g/mol. The number of benzene rings is 2. The second-order valence-corrected chi connectivity index (χ2v) is 4.59. The van der Waals surface area contributed by atoms with Crippen LogP contribution in [0.3, 0.4) is 0 Å². The van der Waals surface area contributed by atoms with Crippen molar-refractivity contribution in [2.45, 2.75) is 6.54 Å². The Morgan fingerprint density at radius 2 is 1.68 bits per heavy atom. The first-order valence-electron chi connectivity index (χ1n) is 6.40. The molecule has 0 aromatic heterocycles. The second kappa shape index (κ2) is 4.69. The van der Waals surface area contributed by atoms with Crippen molar-refractivity contribution >= 4 is 17.1 Å². The molecule has 0 spiro atoms. The minimum absolute atomic E-state index is 0.776. The average molecular weight is 251 g/mol. The Kier molecular flexibility index (Phi) is 2.88. The molecule has 0 bridgehead atoms. The standard InChI is InChI=1S/C16H17N3/c1-18-16-12-7-3-2-6-11(12)10-19-14-9-5-4-8-13(14)15(16)17/h2-9,18-19H,10,17H2,1H3/b16-15-. The third-order valence-electron chi connectivity index (χ3n) is 3.49. The molecule has 0 saturated heterocycles. The molecule has 2 aromatic rings. The summed E-state index contributed by atoms with van der Waals surface area (Å²) >= 11 is 0. The van der Waals surface area contributed by atoms with Gasteiger partial charge in [-0.2, -0.15) is 0 Å². The lowest BCUT2D eigenvalue weighted by molar-refractivity contribution is 1.07. The first-order valence-corrected chi connectivity index (χ1v) is 6.40. The summed E-state index contributed by atoms with van der Waals surface area (Å²) in [6.45, 7) is 0.797. The van der Waals surface area contributed by atoms with Gasteiger partial charge in [0, 0.05) is 30.4 Å². The molecule has 0 atom stereocenters. The second-order valence-electron chi connectivity index (χ2n) is 4.59. The summed E-state index contributed by atoms with van der Waals surface area (Å²) in [4.78, 5) is 0. The predicted molar refractivity (Wildman–Crippen MR) is 80.3 cm³/mol. The third-order valence-corrected chi connectivity index (χ3v) is 3.49. The third kappa shape index (κ3) is 1.93. The van der Waals surface area contributed by atoms with E-state index in [4.69, 9.17) is 5.73 Å². The number of anilines is 1. The first-order chi connectivity index (χ1) is 9.31. The van der Waals surface area contributed by atoms with E-state index in [9.17, 15) is 0 Å². The number of hydrogen-bond acceptors (Lipinski definition) is 3. The SMILES string of the molecule is CN/C1=C(\N)c2ccccc2NCc2ccccc21. The van der Waals surface area contributed by atoms with Gasteiger partial charge in [0.25, 0.3) is 0 Å². The summed E-state index contributed by atoms with van der Waals surface area (Å²) in [5, 5.41) is 6.70. The van der Waals surface area contributed by atoms with Crippen LogP contribution in [0.15, 0.2) is 48.5 Å². The van der Waals surface area contributed by atoms with Gasteiger partial charge in [-0.25, -0.2) is 0 Å². The number of nitrogens with two attached hydrogens (primary N) is 1. The van der Waals surface area contributed by atoms with Crippen LogP contribution >= 0.6 is 0 Å². The monoisotopic (exact) mass is 251 g/mol. The van der Waals surface area contributed by atoms with Gasteiger partial charge in [-0.1, -0.05) is 42.5 Å². The molecule has 3 rings (SSSR count). The van der Waals surface area contributed by atoms with E-state index in [0.29, 0.717) is 0 Å². The highest BCUT2D eigenvalue weighted by Crippen LogP contribution is 2.30. The minimum Gasteiger partial charge on any atom is -0.396 e. The molecular formula is C16H17N3. The quantitative estimate of drug-likeness (QED) is 0.730. The van der Waals surface area contributed by atoms with E-state index < -0.39 is 0 Å². The van der Waals surface area contributed by atoms with Crippen LogP contribution in [-0.2, 0) is 6.54 Å². The Balaban J connectivity index is 2.28. The molecule has 4 N–H and O–H groups in total. The van der Waals surface area contributed by atoms with Gasteiger partial charge in [0.15, 0.2) is 0 Å². The summed E-state index contributed by atoms with van der Waals surface area (Å²) < 4.78 is 0. The molecule has 3 heteroatoms. The summed E-state index contributed by atoms with van der Waals surface area (Å²) in [5.74, 6) is 0. The highest BCUT2D eigenvalue weighted by molar-refractivity contribution is 5.93. The molecule has 0 radical (unpaired) electrons. The van der Waals surface area contributed by atoms with Crippen LogP contribution in [0.4, 0.5) is 5.69 Å². The number of fused-ring (bicyclic) bond motifs is 2. The Morgan fingerprint density at radius 1 is 1.00 bits per heavy atom. The van der Waals surface area contributed by atoms with E-state index in [-0.39, 0.29) is 0 Å². The highest BCUT2D eigenvalue weighted by atomic mass is 14.9. The molecule has 1 aliphatic rings. The van der Waals surface area contributed by atoms with Gasteiger partial charge in [-0.05, 0) is 11.6 Å². The maximum Gasteiger partial charge on any atom is 0.0655 e. The van der Waals surface area contributed by atoms with Crippen LogP contribution in [0.25, 0.3) is 11.4 Å². The van der Waals surface area contributed by atoms with Crippen molar-refractivity contribution in [3.63, 3.8) is 0 Å². The van der Waals surface area contributed by atoms with Crippen molar-refractivity contribution in [1.82, 2.24) is 5.32 Å². The van der Waals surface area contributed by atoms with Crippen LogP contribution in [0, 0.1) is 0 Å². The number of para-hydroxylation sites is 1. The molecule has 0 unspecified atom stereocenters. The van der Waals surface area contributed by atoms with Gasteiger partial charge in [0.2, 0.25) is 0 Å². The van der Waals surface area contributed by atoms with E-state index in [1.807, 2.05) is 31.3 Å². The lowest BCUT2D eigenvalue weighted by atomic mass is 9.97. The van der Waals surface area contributed by atoms with Crippen LogP contribution in [0.5, 0.6) is 0 Å². The highest BCUT2D eigenvalue weighted by Gasteiger charge is 2.16. The topological polar surface area (TPSA) is 50.1 Å². The lowest BCUT2D eigenvalue weighted by Crippen LogP contribution is -2.18. The van der Waals surface area contributed by atoms with Gasteiger partial charge < -0.3 is 16.4 Å². The van der Waals surface area contributed by atoms with Crippen molar-refractivity contribution in [1.29, 1.82) is 0 Å². The zero-order valence-electron chi connectivity index (χ0n) is 10.9. The number of nitrogens with one attached hydrogen (secondary N) is 2. The van der Waals surface area contributed by atoms with Gasteiger partial charge in [0.05, 0.1) is 11.4 Å². The maximum atomic E-state index is 6.36. The first kappa shape index (κ1) is 11.7. The summed E-state index contributed by atoms with van der Waals surface area (Å²) in [6.07, 6.45) is 0. The Hall–Kier alpha value is -2.42. The molecule has 0 saturated carbocycles. The summed E-state index contributed by atoms with van der Waals surface area (Å²) in [6, 6.07) is 16.4. The maximum absolute atomic E-state index is 6.36. The normalized spacial score (nSPS) is 17.5. The van der Waals surface area contributed by atoms with Gasteiger partial charge in [-0.3, -0.25) is 0 Å². The molecule has 1 heterocycles. The fourth-order valence-electron chi connectivity index (χ4n) is 2.53. The van der Waals surface area contributed by atoms with E-state index in [2.05, 4.69) is 34.9 Å². The lowest BCUT2D eigenvalue weighted by Gasteiger charge is -2.22. The average Bonchev–Trinajstić information content (AvgIpc) is 2.46. The Bertz CT molecular complexity index is 644. The van der Waals surface area contributed by atoms with Gasteiger partial charge in [-0.15, -0.1) is 0 Å². The Morgan fingerprint density at radius 3 is 2.47 bits per heavy atom. The van der Waals surface area contributed by atoms with E-state index >= 15 is 0 Å². The van der Waals surface area contributed by atoms with Crippen molar-refractivity contribution in [3.8, 4) is 0 Å². The zero-order valence-corrected chi connectivity index (χ0v) is 10.9. The van der Waals surface area contributed by atoms with Gasteiger partial charge >= 0.3 is 0 Å². The molecule has 1 aliphatic heterocycles. The summed E-state index contributed by atoms with van der Waals surface area (Å²) in [7, 11) is 1.91. The molecule has 2 aromatic carbocycles. The van der Waals surface area contributed by atoms with Crippen LogP contribution < -0.4 is 16.4 Å². The van der Waals surface area contributed by atoms with Crippen LogP contribution in [0.2, 0.25) is 0 Å². The molecule has 0 fully saturated rings. The Labute approximate surface area is 113 Å². The van der Waals surface area contributed by atoms with Gasteiger partial charge in [0.1, 0.15) is 0 Å². The molecule has 96 valence electrons. The zero-order chi connectivity index (χ0) is 13.2. The van der Waals surface area contributed by atoms with Crippen molar-refractivity contribution < 1.29 is 0 Å². The fourth-order valence-corrected chi connectivity index (χ4v) is 2.53. The van der Waals surface area contributed by atoms with Crippen LogP contribution in [-0.4, -0.2) is 7.05 Å². The minimum atomic E-state index is 0.776. The van der Waals surface area contributed by atoms with Crippen molar-refractivity contribution in [2.24, 2.45) is 5.73 Å². The molecule has 3 nitrogen and oxygen atoms in total. The van der Waals surface area contributed by atoms with Crippen molar-refractivity contribution in [3.05, 3.63) is 65.2 Å². The molecule has 0 aliphatic carbocycles.